The Kier molecular flexibility index (Phi) is 7.51. The zero-order valence-corrected chi connectivity index (χ0v) is 18.1. The fraction of sp³-hybridized carbons (Fsp3) is 0.652. The third-order valence-electron chi connectivity index (χ3n) is 6.39. The summed E-state index contributed by atoms with van der Waals surface area (Å²) in [6.07, 6.45) is 8.12. The van der Waals surface area contributed by atoms with Crippen LogP contribution in [0.5, 0.6) is 0 Å². The lowest BCUT2D eigenvalue weighted by atomic mass is 9.95. The van der Waals surface area contributed by atoms with E-state index in [4.69, 9.17) is 4.74 Å². The SMILES string of the molecule is COCCN1CCN(C(=O)/C(C#N)=C/c2cc(C)n(C3CCCCC3)c2C)CC1. The van der Waals surface area contributed by atoms with Gasteiger partial charge >= 0.3 is 0 Å². The fourth-order valence-corrected chi connectivity index (χ4v) is 4.71. The van der Waals surface area contributed by atoms with Crippen LogP contribution < -0.4 is 0 Å². The van der Waals surface area contributed by atoms with Gasteiger partial charge < -0.3 is 14.2 Å². The third kappa shape index (κ3) is 5.09. The van der Waals surface area contributed by atoms with E-state index >= 15 is 0 Å². The highest BCUT2D eigenvalue weighted by molar-refractivity contribution is 6.01. The molecule has 0 radical (unpaired) electrons. The van der Waals surface area contributed by atoms with Crippen molar-refractivity contribution in [3.63, 3.8) is 0 Å². The summed E-state index contributed by atoms with van der Waals surface area (Å²) in [6, 6.07) is 4.83. The van der Waals surface area contributed by atoms with Gasteiger partial charge in [-0.15, -0.1) is 0 Å². The quantitative estimate of drug-likeness (QED) is 0.545. The van der Waals surface area contributed by atoms with E-state index in [1.54, 1.807) is 18.1 Å². The van der Waals surface area contributed by atoms with Crippen molar-refractivity contribution in [2.45, 2.75) is 52.0 Å². The first-order valence-electron chi connectivity index (χ1n) is 10.9. The maximum absolute atomic E-state index is 12.9. The Bertz CT molecular complexity index is 776. The van der Waals surface area contributed by atoms with Crippen LogP contribution in [0.3, 0.4) is 0 Å². The van der Waals surface area contributed by atoms with E-state index in [1.807, 2.05) is 0 Å². The average Bonchev–Trinajstić information content (AvgIpc) is 3.03. The molecule has 0 bridgehead atoms. The number of rotatable bonds is 6. The molecule has 2 heterocycles. The van der Waals surface area contributed by atoms with Crippen LogP contribution in [-0.4, -0.2) is 66.7 Å². The van der Waals surface area contributed by atoms with Crippen molar-refractivity contribution in [1.29, 1.82) is 5.26 Å². The Morgan fingerprint density at radius 3 is 2.52 bits per heavy atom. The van der Waals surface area contributed by atoms with E-state index < -0.39 is 0 Å². The van der Waals surface area contributed by atoms with Crippen LogP contribution >= 0.6 is 0 Å². The molecule has 1 saturated carbocycles. The van der Waals surface area contributed by atoms with Crippen molar-refractivity contribution in [1.82, 2.24) is 14.4 Å². The van der Waals surface area contributed by atoms with Gasteiger partial charge in [-0.3, -0.25) is 9.69 Å². The van der Waals surface area contributed by atoms with Crippen molar-refractivity contribution in [3.05, 3.63) is 28.6 Å². The lowest BCUT2D eigenvalue weighted by molar-refractivity contribution is -0.128. The molecule has 1 amide bonds. The zero-order valence-electron chi connectivity index (χ0n) is 18.1. The number of nitriles is 1. The van der Waals surface area contributed by atoms with E-state index in [0.717, 1.165) is 25.2 Å². The Morgan fingerprint density at radius 1 is 1.21 bits per heavy atom. The summed E-state index contributed by atoms with van der Waals surface area (Å²) in [4.78, 5) is 17.0. The van der Waals surface area contributed by atoms with Crippen molar-refractivity contribution >= 4 is 12.0 Å². The van der Waals surface area contributed by atoms with E-state index in [0.29, 0.717) is 25.7 Å². The van der Waals surface area contributed by atoms with Gasteiger partial charge in [0, 0.05) is 57.3 Å². The fourth-order valence-electron chi connectivity index (χ4n) is 4.71. The van der Waals surface area contributed by atoms with Crippen LogP contribution in [0.2, 0.25) is 0 Å². The second-order valence-corrected chi connectivity index (χ2v) is 8.28. The molecule has 2 fully saturated rings. The number of carbonyl (C=O) groups is 1. The molecule has 6 heteroatoms. The summed E-state index contributed by atoms with van der Waals surface area (Å²) in [6.45, 7) is 8.79. The van der Waals surface area contributed by atoms with Gasteiger partial charge in [0.2, 0.25) is 0 Å². The minimum absolute atomic E-state index is 0.152. The van der Waals surface area contributed by atoms with Gasteiger partial charge in [-0.2, -0.15) is 5.26 Å². The smallest absolute Gasteiger partial charge is 0.264 e. The maximum Gasteiger partial charge on any atom is 0.264 e. The predicted octanol–water partition coefficient (Wildman–Crippen LogP) is 3.31. The highest BCUT2D eigenvalue weighted by atomic mass is 16.5. The molecule has 1 saturated heterocycles. The van der Waals surface area contributed by atoms with Crippen molar-refractivity contribution < 1.29 is 9.53 Å². The number of aryl methyl sites for hydroxylation is 1. The standard InChI is InChI=1S/C23H34N4O2/c1-18-15-20(19(2)27(18)22-7-5-4-6-8-22)16-21(17-24)23(28)26-11-9-25(10-12-26)13-14-29-3/h15-16,22H,4-14H2,1-3H3/b21-16+. The number of hydrogen-bond donors (Lipinski definition) is 0. The predicted molar refractivity (Wildman–Crippen MR) is 115 cm³/mol. The van der Waals surface area contributed by atoms with Crippen molar-refractivity contribution in [3.8, 4) is 6.07 Å². The van der Waals surface area contributed by atoms with Gasteiger partial charge in [-0.05, 0) is 44.4 Å². The first kappa shape index (κ1) is 21.6. The van der Waals surface area contributed by atoms with E-state index in [1.165, 1.54) is 43.5 Å². The zero-order chi connectivity index (χ0) is 20.8. The van der Waals surface area contributed by atoms with Crippen LogP contribution in [0, 0.1) is 25.2 Å². The molecule has 1 aromatic rings. The molecule has 1 aliphatic heterocycles. The van der Waals surface area contributed by atoms with E-state index in [2.05, 4.69) is 35.5 Å². The van der Waals surface area contributed by atoms with Crippen LogP contribution in [0.15, 0.2) is 11.6 Å². The molecule has 158 valence electrons. The van der Waals surface area contributed by atoms with Crippen LogP contribution in [0.25, 0.3) is 6.08 Å². The summed E-state index contributed by atoms with van der Waals surface area (Å²) in [5.41, 5.74) is 3.62. The van der Waals surface area contributed by atoms with Crippen molar-refractivity contribution in [2.24, 2.45) is 0 Å². The number of piperazine rings is 1. The normalized spacial score (nSPS) is 19.4. The number of carbonyl (C=O) groups excluding carboxylic acids is 1. The first-order chi connectivity index (χ1) is 14.0. The van der Waals surface area contributed by atoms with Gasteiger partial charge in [0.05, 0.1) is 6.61 Å². The average molecular weight is 399 g/mol. The van der Waals surface area contributed by atoms with Gasteiger partial charge in [-0.1, -0.05) is 19.3 Å². The Labute approximate surface area is 174 Å². The number of hydrogen-bond acceptors (Lipinski definition) is 4. The molecular formula is C23H34N4O2. The molecule has 1 aliphatic carbocycles. The highest BCUT2D eigenvalue weighted by Gasteiger charge is 2.25. The molecular weight excluding hydrogens is 364 g/mol. The molecule has 6 nitrogen and oxygen atoms in total. The molecule has 0 spiro atoms. The topological polar surface area (TPSA) is 61.5 Å². The summed E-state index contributed by atoms with van der Waals surface area (Å²) in [7, 11) is 1.70. The minimum Gasteiger partial charge on any atom is -0.383 e. The van der Waals surface area contributed by atoms with E-state index in [-0.39, 0.29) is 11.5 Å². The molecule has 0 atom stereocenters. The lowest BCUT2D eigenvalue weighted by Crippen LogP contribution is -2.49. The Balaban J connectivity index is 1.71. The monoisotopic (exact) mass is 398 g/mol. The number of ether oxygens (including phenoxy) is 1. The Morgan fingerprint density at radius 2 is 1.90 bits per heavy atom. The summed E-state index contributed by atoms with van der Waals surface area (Å²) >= 11 is 0. The molecule has 0 unspecified atom stereocenters. The molecule has 0 N–H and O–H groups in total. The van der Waals surface area contributed by atoms with Gasteiger partial charge in [0.25, 0.3) is 5.91 Å². The first-order valence-corrected chi connectivity index (χ1v) is 10.9. The largest absolute Gasteiger partial charge is 0.383 e. The number of aromatic nitrogens is 1. The summed E-state index contributed by atoms with van der Waals surface area (Å²) in [5, 5.41) is 9.67. The highest BCUT2D eigenvalue weighted by Crippen LogP contribution is 2.32. The molecule has 1 aromatic heterocycles. The van der Waals surface area contributed by atoms with Gasteiger partial charge in [-0.25, -0.2) is 0 Å². The number of amides is 1. The van der Waals surface area contributed by atoms with Crippen LogP contribution in [-0.2, 0) is 9.53 Å². The number of nitrogens with zero attached hydrogens (tertiary/aromatic N) is 4. The van der Waals surface area contributed by atoms with Crippen LogP contribution in [0.1, 0.15) is 55.1 Å². The Hall–Kier alpha value is -2.10. The van der Waals surface area contributed by atoms with Crippen LogP contribution in [0.4, 0.5) is 0 Å². The molecule has 29 heavy (non-hydrogen) atoms. The summed E-state index contributed by atoms with van der Waals surface area (Å²) < 4.78 is 7.55. The second-order valence-electron chi connectivity index (χ2n) is 8.28. The summed E-state index contributed by atoms with van der Waals surface area (Å²) in [5.74, 6) is -0.152. The lowest BCUT2D eigenvalue weighted by Gasteiger charge is -2.34. The van der Waals surface area contributed by atoms with Gasteiger partial charge in [0.15, 0.2) is 0 Å². The minimum atomic E-state index is -0.152. The van der Waals surface area contributed by atoms with Gasteiger partial charge in [0.1, 0.15) is 11.6 Å². The molecule has 2 aliphatic rings. The molecule has 0 aromatic carbocycles. The van der Waals surface area contributed by atoms with E-state index in [9.17, 15) is 10.1 Å². The maximum atomic E-state index is 12.9. The third-order valence-corrected chi connectivity index (χ3v) is 6.39. The molecule has 3 rings (SSSR count). The second kappa shape index (κ2) is 10.1. The van der Waals surface area contributed by atoms with Crippen molar-refractivity contribution in [2.75, 3.05) is 46.4 Å². The number of methoxy groups -OCH3 is 1.